The first-order valence-electron chi connectivity index (χ1n) is 8.53. The lowest BCUT2D eigenvalue weighted by molar-refractivity contribution is 0.0831. The van der Waals surface area contributed by atoms with Gasteiger partial charge < -0.3 is 10.2 Å². The molecule has 0 bridgehead atoms. The van der Waals surface area contributed by atoms with Crippen molar-refractivity contribution < 1.29 is 0 Å². The van der Waals surface area contributed by atoms with E-state index in [4.69, 9.17) is 0 Å². The Morgan fingerprint density at radius 3 is 2.58 bits per heavy atom. The molecule has 3 unspecified atom stereocenters. The van der Waals surface area contributed by atoms with E-state index < -0.39 is 0 Å². The molecule has 1 fully saturated rings. The fourth-order valence-corrected chi connectivity index (χ4v) is 3.24. The summed E-state index contributed by atoms with van der Waals surface area (Å²) in [6, 6.07) is 1.48. The van der Waals surface area contributed by atoms with Crippen molar-refractivity contribution in [3.8, 4) is 0 Å². The first kappa shape index (κ1) is 17.0. The van der Waals surface area contributed by atoms with E-state index >= 15 is 0 Å². The zero-order chi connectivity index (χ0) is 14.3. The number of hydrogen-bond donors (Lipinski definition) is 1. The summed E-state index contributed by atoms with van der Waals surface area (Å²) < 4.78 is 0. The monoisotopic (exact) mass is 268 g/mol. The number of unbranched alkanes of at least 4 members (excludes halogenated alkanes) is 1. The maximum absolute atomic E-state index is 3.73. The van der Waals surface area contributed by atoms with Crippen LogP contribution in [-0.2, 0) is 0 Å². The molecule has 2 nitrogen and oxygen atoms in total. The Labute approximate surface area is 121 Å². The van der Waals surface area contributed by atoms with Crippen LogP contribution >= 0.6 is 0 Å². The van der Waals surface area contributed by atoms with Gasteiger partial charge in [0.25, 0.3) is 0 Å². The topological polar surface area (TPSA) is 15.3 Å². The summed E-state index contributed by atoms with van der Waals surface area (Å²) in [5.74, 6) is 1.64. The highest BCUT2D eigenvalue weighted by atomic mass is 15.2. The normalized spacial score (nSPS) is 29.1. The second-order valence-electron chi connectivity index (χ2n) is 6.87. The van der Waals surface area contributed by atoms with Crippen molar-refractivity contribution in [1.29, 1.82) is 0 Å². The Morgan fingerprint density at radius 2 is 1.95 bits per heavy atom. The molecule has 0 amide bonds. The van der Waals surface area contributed by atoms with Gasteiger partial charge in [-0.25, -0.2) is 0 Å². The van der Waals surface area contributed by atoms with Crippen LogP contribution in [0.15, 0.2) is 0 Å². The molecule has 1 aliphatic heterocycles. The summed E-state index contributed by atoms with van der Waals surface area (Å²) in [6.07, 6.45) is 6.74. The van der Waals surface area contributed by atoms with Gasteiger partial charge >= 0.3 is 0 Å². The average molecular weight is 268 g/mol. The molecule has 114 valence electrons. The van der Waals surface area contributed by atoms with Crippen molar-refractivity contribution in [2.75, 3.05) is 19.6 Å². The van der Waals surface area contributed by atoms with Crippen molar-refractivity contribution in [3.05, 3.63) is 0 Å². The van der Waals surface area contributed by atoms with Crippen LogP contribution < -0.4 is 5.32 Å². The van der Waals surface area contributed by atoms with Gasteiger partial charge in [-0.2, -0.15) is 0 Å². The van der Waals surface area contributed by atoms with Gasteiger partial charge in [0.15, 0.2) is 0 Å². The van der Waals surface area contributed by atoms with E-state index in [1.807, 2.05) is 0 Å². The first-order chi connectivity index (χ1) is 9.06. The first-order valence-corrected chi connectivity index (χ1v) is 8.53. The summed E-state index contributed by atoms with van der Waals surface area (Å²) in [4.78, 5) is 2.72. The molecular formula is C17H36N2. The van der Waals surface area contributed by atoms with Crippen LogP contribution in [0, 0.1) is 11.8 Å². The third-order valence-corrected chi connectivity index (χ3v) is 4.83. The fraction of sp³-hybridized carbons (Fsp3) is 1.00. The standard InChI is InChI=1S/C17H36N2/c1-6-11-18-17-10-13-19(16(5)15(17)4)12-8-7-9-14(2)3/h14-18H,6-13H2,1-5H3. The van der Waals surface area contributed by atoms with E-state index in [1.54, 1.807) is 0 Å². The summed E-state index contributed by atoms with van der Waals surface area (Å²) >= 11 is 0. The molecule has 0 aliphatic carbocycles. The van der Waals surface area contributed by atoms with Gasteiger partial charge in [-0.3, -0.25) is 0 Å². The van der Waals surface area contributed by atoms with Gasteiger partial charge in [-0.1, -0.05) is 40.5 Å². The number of nitrogens with zero attached hydrogens (tertiary/aromatic N) is 1. The summed E-state index contributed by atoms with van der Waals surface area (Å²) in [7, 11) is 0. The minimum atomic E-state index is 0.738. The maximum Gasteiger partial charge on any atom is 0.0120 e. The van der Waals surface area contributed by atoms with E-state index in [0.717, 1.165) is 23.9 Å². The molecular weight excluding hydrogens is 232 g/mol. The third-order valence-electron chi connectivity index (χ3n) is 4.83. The molecule has 19 heavy (non-hydrogen) atoms. The average Bonchev–Trinajstić information content (AvgIpc) is 2.38. The van der Waals surface area contributed by atoms with Crippen LogP contribution in [0.25, 0.3) is 0 Å². The Morgan fingerprint density at radius 1 is 1.21 bits per heavy atom. The highest BCUT2D eigenvalue weighted by Gasteiger charge is 2.31. The number of hydrogen-bond acceptors (Lipinski definition) is 2. The minimum Gasteiger partial charge on any atom is -0.314 e. The maximum atomic E-state index is 3.73. The van der Waals surface area contributed by atoms with E-state index in [1.165, 1.54) is 51.7 Å². The summed E-state index contributed by atoms with van der Waals surface area (Å²) in [5.41, 5.74) is 0. The Bertz CT molecular complexity index is 227. The van der Waals surface area contributed by atoms with Crippen molar-refractivity contribution >= 4 is 0 Å². The molecule has 1 saturated heterocycles. The Balaban J connectivity index is 2.27. The molecule has 1 heterocycles. The molecule has 0 saturated carbocycles. The molecule has 0 spiro atoms. The Kier molecular flexibility index (Phi) is 8.01. The lowest BCUT2D eigenvalue weighted by Crippen LogP contribution is -2.53. The van der Waals surface area contributed by atoms with E-state index in [2.05, 4.69) is 44.8 Å². The predicted octanol–water partition coefficient (Wildman–Crippen LogP) is 3.91. The van der Waals surface area contributed by atoms with E-state index in [0.29, 0.717) is 0 Å². The number of likely N-dealkylation sites (tertiary alicyclic amines) is 1. The predicted molar refractivity (Wildman–Crippen MR) is 85.6 cm³/mol. The zero-order valence-electron chi connectivity index (χ0n) is 13.9. The largest absolute Gasteiger partial charge is 0.314 e. The second-order valence-corrected chi connectivity index (χ2v) is 6.87. The number of piperidine rings is 1. The number of rotatable bonds is 8. The highest BCUT2D eigenvalue weighted by molar-refractivity contribution is 4.88. The molecule has 1 rings (SSSR count). The number of nitrogens with one attached hydrogen (secondary N) is 1. The van der Waals surface area contributed by atoms with Crippen LogP contribution in [0.2, 0.25) is 0 Å². The molecule has 0 radical (unpaired) electrons. The smallest absolute Gasteiger partial charge is 0.0120 e. The summed E-state index contributed by atoms with van der Waals surface area (Å²) in [6.45, 7) is 15.5. The van der Waals surface area contributed by atoms with Crippen LogP contribution in [0.1, 0.15) is 66.7 Å². The molecule has 1 aliphatic rings. The van der Waals surface area contributed by atoms with Crippen LogP contribution in [0.3, 0.4) is 0 Å². The minimum absolute atomic E-state index is 0.738. The Hall–Kier alpha value is -0.0800. The molecule has 0 aromatic rings. The van der Waals surface area contributed by atoms with Crippen molar-refractivity contribution in [1.82, 2.24) is 10.2 Å². The van der Waals surface area contributed by atoms with Gasteiger partial charge in [0.05, 0.1) is 0 Å². The molecule has 3 atom stereocenters. The van der Waals surface area contributed by atoms with Crippen LogP contribution in [0.5, 0.6) is 0 Å². The van der Waals surface area contributed by atoms with E-state index in [9.17, 15) is 0 Å². The quantitative estimate of drug-likeness (QED) is 0.671. The third kappa shape index (κ3) is 5.83. The van der Waals surface area contributed by atoms with Crippen LogP contribution in [-0.4, -0.2) is 36.6 Å². The van der Waals surface area contributed by atoms with E-state index in [-0.39, 0.29) is 0 Å². The van der Waals surface area contributed by atoms with Gasteiger partial charge in [0.2, 0.25) is 0 Å². The van der Waals surface area contributed by atoms with Gasteiger partial charge in [0, 0.05) is 12.1 Å². The highest BCUT2D eigenvalue weighted by Crippen LogP contribution is 2.24. The zero-order valence-corrected chi connectivity index (χ0v) is 13.9. The summed E-state index contributed by atoms with van der Waals surface area (Å²) in [5, 5.41) is 3.73. The fourth-order valence-electron chi connectivity index (χ4n) is 3.24. The lowest BCUT2D eigenvalue weighted by atomic mass is 9.86. The SMILES string of the molecule is CCCNC1CCN(CCCCC(C)C)C(C)C1C. The van der Waals surface area contributed by atoms with Gasteiger partial charge in [-0.15, -0.1) is 0 Å². The van der Waals surface area contributed by atoms with Crippen molar-refractivity contribution in [3.63, 3.8) is 0 Å². The second kappa shape index (κ2) is 8.97. The molecule has 1 N–H and O–H groups in total. The molecule has 0 aromatic heterocycles. The van der Waals surface area contributed by atoms with Crippen LogP contribution in [0.4, 0.5) is 0 Å². The lowest BCUT2D eigenvalue weighted by Gasteiger charge is -2.43. The van der Waals surface area contributed by atoms with Crippen molar-refractivity contribution in [2.24, 2.45) is 11.8 Å². The molecule has 0 aromatic carbocycles. The van der Waals surface area contributed by atoms with Gasteiger partial charge in [0.1, 0.15) is 0 Å². The van der Waals surface area contributed by atoms with Gasteiger partial charge in [-0.05, 0) is 57.7 Å². The van der Waals surface area contributed by atoms with Crippen molar-refractivity contribution in [2.45, 2.75) is 78.8 Å². The molecule has 2 heteroatoms.